The molecule has 1 aromatic carbocycles. The lowest BCUT2D eigenvalue weighted by Gasteiger charge is -2.36. The van der Waals surface area contributed by atoms with Crippen LogP contribution in [-0.2, 0) is 4.74 Å². The molecule has 4 aromatic rings. The minimum Gasteiger partial charge on any atom is -0.444 e. The molecule has 0 atom stereocenters. The molecular weight excluding hydrogens is 462 g/mol. The average Bonchev–Trinajstić information content (AvgIpc) is 3.18. The van der Waals surface area contributed by atoms with Crippen LogP contribution in [-0.4, -0.2) is 57.7 Å². The molecule has 1 aliphatic heterocycles. The maximum Gasteiger partial charge on any atom is 0.410 e. The van der Waals surface area contributed by atoms with Gasteiger partial charge in [0, 0.05) is 60.2 Å². The van der Waals surface area contributed by atoms with Crippen molar-refractivity contribution in [2.45, 2.75) is 47.1 Å². The van der Waals surface area contributed by atoms with E-state index in [0.717, 1.165) is 47.1 Å². The number of anilines is 1. The molecule has 1 amide bonds. The highest BCUT2D eigenvalue weighted by atomic mass is 16.6. The van der Waals surface area contributed by atoms with E-state index < -0.39 is 5.60 Å². The predicted molar refractivity (Wildman–Crippen MR) is 149 cm³/mol. The van der Waals surface area contributed by atoms with Crippen LogP contribution in [0, 0.1) is 20.8 Å². The topological polar surface area (TPSA) is 74.3 Å². The van der Waals surface area contributed by atoms with Gasteiger partial charge in [0.05, 0.1) is 5.69 Å². The van der Waals surface area contributed by atoms with Crippen LogP contribution in [0.25, 0.3) is 33.3 Å². The number of benzene rings is 1. The molecule has 1 saturated heterocycles. The first-order chi connectivity index (χ1) is 17.6. The van der Waals surface area contributed by atoms with E-state index in [-0.39, 0.29) is 6.09 Å². The molecule has 0 bridgehead atoms. The lowest BCUT2D eigenvalue weighted by molar-refractivity contribution is 0.0240. The molecule has 0 spiro atoms. The van der Waals surface area contributed by atoms with Crippen LogP contribution in [0.15, 0.2) is 48.7 Å². The number of carbonyl (C=O) groups is 1. The second-order valence-electron chi connectivity index (χ2n) is 10.9. The minimum atomic E-state index is -0.481. The smallest absolute Gasteiger partial charge is 0.410 e. The fourth-order valence-corrected chi connectivity index (χ4v) is 4.97. The second-order valence-corrected chi connectivity index (χ2v) is 10.9. The van der Waals surface area contributed by atoms with Gasteiger partial charge in [-0.15, -0.1) is 0 Å². The van der Waals surface area contributed by atoms with E-state index in [0.29, 0.717) is 13.1 Å². The number of aryl methyl sites for hydroxylation is 3. The van der Waals surface area contributed by atoms with Crippen molar-refractivity contribution < 1.29 is 9.53 Å². The van der Waals surface area contributed by atoms with Crippen LogP contribution in [0.5, 0.6) is 0 Å². The summed E-state index contributed by atoms with van der Waals surface area (Å²) in [6.45, 7) is 14.6. The Kier molecular flexibility index (Phi) is 6.40. The van der Waals surface area contributed by atoms with Crippen LogP contribution in [0.2, 0.25) is 0 Å². The highest BCUT2D eigenvalue weighted by molar-refractivity contribution is 5.93. The molecule has 1 fully saturated rings. The molecule has 1 N–H and O–H groups in total. The normalized spacial score (nSPS) is 14.3. The Bertz CT molecular complexity index is 1420. The summed E-state index contributed by atoms with van der Waals surface area (Å²) in [5, 5.41) is 1.21. The Morgan fingerprint density at radius 3 is 2.19 bits per heavy atom. The lowest BCUT2D eigenvalue weighted by Crippen LogP contribution is -2.50. The largest absolute Gasteiger partial charge is 0.444 e. The molecule has 5 rings (SSSR count). The Balaban J connectivity index is 1.32. The maximum absolute atomic E-state index is 12.4. The van der Waals surface area contributed by atoms with E-state index >= 15 is 0 Å². The van der Waals surface area contributed by atoms with Gasteiger partial charge >= 0.3 is 6.09 Å². The summed E-state index contributed by atoms with van der Waals surface area (Å²) in [5.74, 6) is 0.923. The Labute approximate surface area is 218 Å². The monoisotopic (exact) mass is 497 g/mol. The highest BCUT2D eigenvalue weighted by Crippen LogP contribution is 2.33. The number of aromatic amines is 1. The number of carbonyl (C=O) groups excluding carboxylic acids is 1. The molecule has 0 aliphatic carbocycles. The minimum absolute atomic E-state index is 0.248. The number of hydrogen-bond acceptors (Lipinski definition) is 5. The van der Waals surface area contributed by atoms with Crippen LogP contribution in [0.4, 0.5) is 10.6 Å². The van der Waals surface area contributed by atoms with Crippen molar-refractivity contribution in [2.24, 2.45) is 0 Å². The van der Waals surface area contributed by atoms with E-state index in [9.17, 15) is 4.79 Å². The molecule has 7 nitrogen and oxygen atoms in total. The first-order valence-corrected chi connectivity index (χ1v) is 12.8. The SMILES string of the molecule is Cc1cc(-c2ccc3c(C)c(-c4ccc(N5CCN(C(=O)OC(C)(C)C)CC5)nc4)[nH]c3c2)cc(C)n1. The van der Waals surface area contributed by atoms with Crippen LogP contribution < -0.4 is 4.90 Å². The summed E-state index contributed by atoms with van der Waals surface area (Å²) >= 11 is 0. The number of rotatable bonds is 3. The van der Waals surface area contributed by atoms with E-state index in [2.05, 4.69) is 64.3 Å². The zero-order chi connectivity index (χ0) is 26.3. The van der Waals surface area contributed by atoms with Gasteiger partial charge in [0.25, 0.3) is 0 Å². The van der Waals surface area contributed by atoms with E-state index in [1.54, 1.807) is 4.90 Å². The lowest BCUT2D eigenvalue weighted by atomic mass is 10.0. The van der Waals surface area contributed by atoms with E-state index in [4.69, 9.17) is 9.72 Å². The summed E-state index contributed by atoms with van der Waals surface area (Å²) < 4.78 is 5.51. The molecule has 4 heterocycles. The number of aromatic nitrogens is 3. The third kappa shape index (κ3) is 5.31. The summed E-state index contributed by atoms with van der Waals surface area (Å²) in [6.07, 6.45) is 1.69. The molecule has 3 aromatic heterocycles. The van der Waals surface area contributed by atoms with Gasteiger partial charge < -0.3 is 19.5 Å². The standard InChI is InChI=1S/C30H35N5O2/c1-19-15-24(16-20(2)32-19)22-7-9-25-21(3)28(33-26(25)17-22)23-8-10-27(31-18-23)34-11-13-35(14-12-34)29(36)37-30(4,5)6/h7-10,15-18,33H,11-14H2,1-6H3. The number of pyridine rings is 2. The molecule has 0 radical (unpaired) electrons. The van der Waals surface area contributed by atoms with Gasteiger partial charge in [-0.3, -0.25) is 4.98 Å². The zero-order valence-electron chi connectivity index (χ0n) is 22.6. The van der Waals surface area contributed by atoms with Crippen LogP contribution in [0.1, 0.15) is 37.7 Å². The number of fused-ring (bicyclic) bond motifs is 1. The number of amides is 1. The molecule has 1 aliphatic rings. The van der Waals surface area contributed by atoms with E-state index in [1.165, 1.54) is 22.1 Å². The first-order valence-electron chi connectivity index (χ1n) is 12.8. The number of H-pyrrole nitrogens is 1. The fraction of sp³-hybridized carbons (Fsp3) is 0.367. The summed E-state index contributed by atoms with van der Waals surface area (Å²) in [6, 6.07) is 15.0. The average molecular weight is 498 g/mol. The molecule has 0 unspecified atom stereocenters. The van der Waals surface area contributed by atoms with Crippen molar-refractivity contribution in [1.82, 2.24) is 19.9 Å². The number of hydrogen-bond donors (Lipinski definition) is 1. The molecule has 7 heteroatoms. The van der Waals surface area contributed by atoms with Crippen molar-refractivity contribution in [3.63, 3.8) is 0 Å². The number of nitrogens with zero attached hydrogens (tertiary/aromatic N) is 4. The summed E-state index contributed by atoms with van der Waals surface area (Å²) in [5.41, 5.74) is 8.39. The third-order valence-electron chi connectivity index (χ3n) is 6.76. The highest BCUT2D eigenvalue weighted by Gasteiger charge is 2.26. The quantitative estimate of drug-likeness (QED) is 0.361. The molecule has 0 saturated carbocycles. The van der Waals surface area contributed by atoms with Crippen molar-refractivity contribution in [3.05, 3.63) is 65.6 Å². The Morgan fingerprint density at radius 2 is 1.57 bits per heavy atom. The zero-order valence-corrected chi connectivity index (χ0v) is 22.6. The molecule has 37 heavy (non-hydrogen) atoms. The molecular formula is C30H35N5O2. The van der Waals surface area contributed by atoms with Gasteiger partial charge in [-0.05, 0) is 88.6 Å². The second kappa shape index (κ2) is 9.54. The maximum atomic E-state index is 12.4. The van der Waals surface area contributed by atoms with Gasteiger partial charge in [0.15, 0.2) is 0 Å². The van der Waals surface area contributed by atoms with Crippen LogP contribution in [0.3, 0.4) is 0 Å². The molecule has 192 valence electrons. The van der Waals surface area contributed by atoms with Gasteiger partial charge in [0.2, 0.25) is 0 Å². The number of piperazine rings is 1. The third-order valence-corrected chi connectivity index (χ3v) is 6.76. The Morgan fingerprint density at radius 1 is 0.892 bits per heavy atom. The summed E-state index contributed by atoms with van der Waals surface area (Å²) in [4.78, 5) is 29.2. The van der Waals surface area contributed by atoms with Crippen molar-refractivity contribution in [3.8, 4) is 22.4 Å². The predicted octanol–water partition coefficient (Wildman–Crippen LogP) is 6.27. The van der Waals surface area contributed by atoms with Crippen LogP contribution >= 0.6 is 0 Å². The van der Waals surface area contributed by atoms with Gasteiger partial charge in [0.1, 0.15) is 11.4 Å². The number of nitrogens with one attached hydrogen (secondary N) is 1. The van der Waals surface area contributed by atoms with Crippen molar-refractivity contribution >= 4 is 22.8 Å². The Hall–Kier alpha value is -3.87. The number of ether oxygens (including phenoxy) is 1. The van der Waals surface area contributed by atoms with Gasteiger partial charge in [-0.1, -0.05) is 12.1 Å². The van der Waals surface area contributed by atoms with Crippen molar-refractivity contribution in [1.29, 1.82) is 0 Å². The van der Waals surface area contributed by atoms with Gasteiger partial charge in [-0.25, -0.2) is 9.78 Å². The summed E-state index contributed by atoms with van der Waals surface area (Å²) in [7, 11) is 0. The van der Waals surface area contributed by atoms with Crippen molar-refractivity contribution in [2.75, 3.05) is 31.1 Å². The van der Waals surface area contributed by atoms with E-state index in [1.807, 2.05) is 40.8 Å². The van der Waals surface area contributed by atoms with Gasteiger partial charge in [-0.2, -0.15) is 0 Å². The first kappa shape index (κ1) is 24.8. The fourth-order valence-electron chi connectivity index (χ4n) is 4.97.